The normalized spacial score (nSPS) is 13.8. The van der Waals surface area contributed by atoms with E-state index in [0.717, 1.165) is 108 Å². The Hall–Kier alpha value is -1.94. The first-order valence-corrected chi connectivity index (χ1v) is 49.3. The molecule has 2 unspecified atom stereocenters. The van der Waals surface area contributed by atoms with Gasteiger partial charge in [-0.05, 0) is 43.4 Å². The molecule has 0 saturated heterocycles. The molecule has 0 radical (unpaired) electrons. The van der Waals surface area contributed by atoms with Crippen molar-refractivity contribution in [1.29, 1.82) is 0 Å². The number of ether oxygens (including phenoxy) is 4. The summed E-state index contributed by atoms with van der Waals surface area (Å²) in [5, 5.41) is 10.7. The van der Waals surface area contributed by atoms with E-state index in [1.165, 1.54) is 289 Å². The second-order valence-electron chi connectivity index (χ2n) is 33.8. The highest BCUT2D eigenvalue weighted by atomic mass is 31.2. The first-order chi connectivity index (χ1) is 52.7. The maximum atomic E-state index is 13.2. The number of phosphoric ester groups is 2. The predicted octanol–water partition coefficient (Wildman–Crippen LogP) is 27.6. The van der Waals surface area contributed by atoms with E-state index in [4.69, 9.17) is 37.0 Å². The standard InChI is InChI=1S/C90H176O17P2/c1-8-9-10-11-12-13-43-50-57-64-71-87(92)100-77-85(106-90(95)74-67-60-53-46-39-33-27-26-30-36-42-49-56-63-70-83(6)7)79-104-108(96,97)102-75-84(91)76-103-109(98,99)105-80-86(107-89(94)73-66-59-52-45-38-32-25-21-17-15-19-23-29-35-41-48-55-62-69-82(4)5)78-101-88(93)72-65-58-51-44-37-31-24-20-16-14-18-22-28-34-40-47-54-61-68-81(2)3/h81-86,91H,8-80H2,1-7H3,(H,96,97)(H,98,99)/t84-,85+,86+/m0/s1. The Balaban J connectivity index is 5.22. The average molecular weight is 1590 g/mol. The molecule has 0 aromatic heterocycles. The number of rotatable bonds is 88. The number of esters is 4. The molecule has 0 aliphatic heterocycles. The van der Waals surface area contributed by atoms with E-state index in [1.807, 2.05) is 0 Å². The largest absolute Gasteiger partial charge is 0.472 e. The summed E-state index contributed by atoms with van der Waals surface area (Å²) in [5.74, 6) is 0.339. The highest BCUT2D eigenvalue weighted by molar-refractivity contribution is 7.47. The van der Waals surface area contributed by atoms with Gasteiger partial charge in [0.25, 0.3) is 0 Å². The van der Waals surface area contributed by atoms with E-state index in [1.54, 1.807) is 0 Å². The maximum absolute atomic E-state index is 13.2. The quantitative estimate of drug-likeness (QED) is 0.0222. The Morgan fingerprint density at radius 1 is 0.248 bits per heavy atom. The summed E-state index contributed by atoms with van der Waals surface area (Å²) in [6, 6.07) is 0. The van der Waals surface area contributed by atoms with Crippen molar-refractivity contribution in [3.63, 3.8) is 0 Å². The lowest BCUT2D eigenvalue weighted by Crippen LogP contribution is -2.30. The highest BCUT2D eigenvalue weighted by Crippen LogP contribution is 2.45. The van der Waals surface area contributed by atoms with Crippen molar-refractivity contribution in [2.75, 3.05) is 39.6 Å². The molecule has 109 heavy (non-hydrogen) atoms. The fraction of sp³-hybridized carbons (Fsp3) is 0.956. The minimum Gasteiger partial charge on any atom is -0.462 e. The molecule has 19 heteroatoms. The third-order valence-electron chi connectivity index (χ3n) is 21.1. The van der Waals surface area contributed by atoms with Gasteiger partial charge in [-0.1, -0.05) is 427 Å². The van der Waals surface area contributed by atoms with Crippen molar-refractivity contribution in [2.45, 2.75) is 497 Å². The zero-order valence-electron chi connectivity index (χ0n) is 72.0. The van der Waals surface area contributed by atoms with Crippen molar-refractivity contribution < 1.29 is 80.2 Å². The average Bonchev–Trinajstić information content (AvgIpc) is 0.899. The molecule has 5 atom stereocenters. The van der Waals surface area contributed by atoms with Crippen molar-refractivity contribution in [2.24, 2.45) is 17.8 Å². The summed E-state index contributed by atoms with van der Waals surface area (Å²) in [5.41, 5.74) is 0. The number of hydrogen-bond donors (Lipinski definition) is 3. The van der Waals surface area contributed by atoms with Crippen LogP contribution in [0.4, 0.5) is 0 Å². The number of aliphatic hydroxyl groups excluding tert-OH is 1. The number of unbranched alkanes of at least 4 members (excludes halogenated alkanes) is 56. The lowest BCUT2D eigenvalue weighted by Gasteiger charge is -2.21. The molecule has 0 aliphatic carbocycles. The fourth-order valence-electron chi connectivity index (χ4n) is 14.1. The summed E-state index contributed by atoms with van der Waals surface area (Å²) in [6.45, 7) is 12.1. The zero-order chi connectivity index (χ0) is 80.0. The lowest BCUT2D eigenvalue weighted by molar-refractivity contribution is -0.161. The summed E-state index contributed by atoms with van der Waals surface area (Å²) in [6.07, 6.45) is 72.3. The van der Waals surface area contributed by atoms with Gasteiger partial charge in [-0.25, -0.2) is 9.13 Å². The van der Waals surface area contributed by atoms with Crippen LogP contribution in [0.3, 0.4) is 0 Å². The van der Waals surface area contributed by atoms with Gasteiger partial charge in [0.05, 0.1) is 26.4 Å². The molecule has 0 aromatic rings. The van der Waals surface area contributed by atoms with E-state index in [9.17, 15) is 43.2 Å². The van der Waals surface area contributed by atoms with Crippen LogP contribution in [0.15, 0.2) is 0 Å². The summed E-state index contributed by atoms with van der Waals surface area (Å²) in [7, 11) is -9.93. The van der Waals surface area contributed by atoms with Gasteiger partial charge < -0.3 is 33.8 Å². The van der Waals surface area contributed by atoms with Gasteiger partial charge in [-0.15, -0.1) is 0 Å². The molecule has 0 saturated carbocycles. The minimum atomic E-state index is -4.97. The van der Waals surface area contributed by atoms with Crippen LogP contribution < -0.4 is 0 Å². The summed E-state index contributed by atoms with van der Waals surface area (Å²) >= 11 is 0. The molecule has 17 nitrogen and oxygen atoms in total. The lowest BCUT2D eigenvalue weighted by atomic mass is 10.0. The Kier molecular flexibility index (Phi) is 78.5. The molecule has 0 bridgehead atoms. The molecule has 0 spiro atoms. The first-order valence-electron chi connectivity index (χ1n) is 46.3. The van der Waals surface area contributed by atoms with Crippen molar-refractivity contribution in [3.8, 4) is 0 Å². The summed E-state index contributed by atoms with van der Waals surface area (Å²) < 4.78 is 69.0. The Morgan fingerprint density at radius 2 is 0.422 bits per heavy atom. The molecular formula is C90H176O17P2. The molecule has 648 valence electrons. The number of carbonyl (C=O) groups is 4. The molecule has 0 aliphatic rings. The van der Waals surface area contributed by atoms with Gasteiger partial charge in [-0.2, -0.15) is 0 Å². The smallest absolute Gasteiger partial charge is 0.462 e. The van der Waals surface area contributed by atoms with Crippen LogP contribution in [-0.2, 0) is 65.4 Å². The SMILES string of the molecule is CCCCCCCCCCCCC(=O)OC[C@H](COP(=O)(O)OC[C@H](O)COP(=O)(O)OC[C@@H](COC(=O)CCCCCCCCCCCCCCCCCCCCC(C)C)OC(=O)CCCCCCCCCCCCCCCCCCCCC(C)C)OC(=O)CCCCCCCCCCCCCCCCC(C)C. The van der Waals surface area contributed by atoms with Crippen LogP contribution in [-0.4, -0.2) is 96.7 Å². The van der Waals surface area contributed by atoms with Crippen LogP contribution in [0.5, 0.6) is 0 Å². The van der Waals surface area contributed by atoms with E-state index < -0.39 is 97.5 Å². The highest BCUT2D eigenvalue weighted by Gasteiger charge is 2.31. The number of hydrogen-bond acceptors (Lipinski definition) is 15. The van der Waals surface area contributed by atoms with Gasteiger partial charge in [-0.3, -0.25) is 37.3 Å². The van der Waals surface area contributed by atoms with Gasteiger partial charge in [0.1, 0.15) is 19.3 Å². The molecular weight excluding hydrogens is 1410 g/mol. The van der Waals surface area contributed by atoms with Gasteiger partial charge in [0.15, 0.2) is 12.2 Å². The molecule has 0 aromatic carbocycles. The van der Waals surface area contributed by atoms with E-state index in [2.05, 4.69) is 48.5 Å². The number of carbonyl (C=O) groups excluding carboxylic acids is 4. The number of phosphoric acid groups is 2. The fourth-order valence-corrected chi connectivity index (χ4v) is 15.7. The topological polar surface area (TPSA) is 237 Å². The van der Waals surface area contributed by atoms with Gasteiger partial charge in [0, 0.05) is 25.7 Å². The molecule has 0 amide bonds. The van der Waals surface area contributed by atoms with Crippen molar-refractivity contribution >= 4 is 39.5 Å². The van der Waals surface area contributed by atoms with E-state index >= 15 is 0 Å². The maximum Gasteiger partial charge on any atom is 0.472 e. The second-order valence-corrected chi connectivity index (χ2v) is 36.7. The van der Waals surface area contributed by atoms with Crippen LogP contribution in [0, 0.1) is 17.8 Å². The third-order valence-corrected chi connectivity index (χ3v) is 23.0. The number of aliphatic hydroxyl groups is 1. The molecule has 0 heterocycles. The van der Waals surface area contributed by atoms with E-state index in [0.29, 0.717) is 25.7 Å². The predicted molar refractivity (Wildman–Crippen MR) is 451 cm³/mol. The van der Waals surface area contributed by atoms with Gasteiger partial charge in [0.2, 0.25) is 0 Å². The monoisotopic (exact) mass is 1590 g/mol. The Labute approximate surface area is 670 Å². The van der Waals surface area contributed by atoms with Crippen LogP contribution in [0.1, 0.15) is 479 Å². The molecule has 0 rings (SSSR count). The van der Waals surface area contributed by atoms with Crippen LogP contribution >= 0.6 is 15.6 Å². The zero-order valence-corrected chi connectivity index (χ0v) is 73.8. The minimum absolute atomic E-state index is 0.108. The van der Waals surface area contributed by atoms with Crippen LogP contribution in [0.2, 0.25) is 0 Å². The van der Waals surface area contributed by atoms with Crippen LogP contribution in [0.25, 0.3) is 0 Å². The third kappa shape index (κ3) is 83.8. The molecule has 3 N–H and O–H groups in total. The van der Waals surface area contributed by atoms with E-state index in [-0.39, 0.29) is 25.7 Å². The molecule has 0 fully saturated rings. The van der Waals surface area contributed by atoms with Crippen molar-refractivity contribution in [3.05, 3.63) is 0 Å². The Morgan fingerprint density at radius 3 is 0.624 bits per heavy atom. The van der Waals surface area contributed by atoms with Crippen molar-refractivity contribution in [1.82, 2.24) is 0 Å². The Bertz CT molecular complexity index is 2100. The summed E-state index contributed by atoms with van der Waals surface area (Å²) in [4.78, 5) is 73.3. The second kappa shape index (κ2) is 79.9. The van der Waals surface area contributed by atoms with Gasteiger partial charge >= 0.3 is 39.5 Å². The first kappa shape index (κ1) is 107.